The van der Waals surface area contributed by atoms with Crippen LogP contribution in [0.25, 0.3) is 10.6 Å². The highest BCUT2D eigenvalue weighted by Gasteiger charge is 2.18. The number of nitrogens with zero attached hydrogens (tertiary/aromatic N) is 2. The van der Waals surface area contributed by atoms with Gasteiger partial charge in [0.15, 0.2) is 11.5 Å². The first-order chi connectivity index (χ1) is 16.1. The summed E-state index contributed by atoms with van der Waals surface area (Å²) in [5.41, 5.74) is 2.99. The molecule has 3 aromatic rings. The monoisotopic (exact) mass is 467 g/mol. The number of hydrogen-bond donors (Lipinski definition) is 1. The van der Waals surface area contributed by atoms with Gasteiger partial charge in [-0.2, -0.15) is 0 Å². The molecule has 1 atom stereocenters. The van der Waals surface area contributed by atoms with Crippen LogP contribution in [0.5, 0.6) is 11.5 Å². The van der Waals surface area contributed by atoms with Crippen molar-refractivity contribution in [3.05, 3.63) is 65.2 Å². The highest BCUT2D eigenvalue weighted by atomic mass is 32.1. The van der Waals surface area contributed by atoms with Crippen LogP contribution in [-0.4, -0.2) is 55.7 Å². The van der Waals surface area contributed by atoms with Crippen LogP contribution >= 0.6 is 11.3 Å². The lowest BCUT2D eigenvalue weighted by Crippen LogP contribution is -2.45. The van der Waals surface area contributed by atoms with Crippen LogP contribution in [0.2, 0.25) is 0 Å². The fraction of sp³-hybridized carbons (Fsp3) is 0.385. The number of carbonyl (C=O) groups excluding carboxylic acids is 1. The molecular formula is C26H33N3O3S. The van der Waals surface area contributed by atoms with Crippen LogP contribution in [0.3, 0.4) is 0 Å². The number of benzene rings is 2. The first kappa shape index (κ1) is 24.7. The summed E-state index contributed by atoms with van der Waals surface area (Å²) in [6, 6.07) is 16.4. The molecule has 176 valence electrons. The van der Waals surface area contributed by atoms with Crippen molar-refractivity contribution in [1.29, 1.82) is 0 Å². The zero-order valence-electron chi connectivity index (χ0n) is 19.8. The van der Waals surface area contributed by atoms with E-state index in [0.29, 0.717) is 18.0 Å². The maximum Gasteiger partial charge on any atom is 0.226 e. The van der Waals surface area contributed by atoms with E-state index in [0.717, 1.165) is 35.8 Å². The Morgan fingerprint density at radius 1 is 1.06 bits per heavy atom. The van der Waals surface area contributed by atoms with Crippen molar-refractivity contribution in [2.24, 2.45) is 0 Å². The fourth-order valence-corrected chi connectivity index (χ4v) is 4.72. The average molecular weight is 468 g/mol. The lowest BCUT2D eigenvalue weighted by atomic mass is 10.0. The van der Waals surface area contributed by atoms with Gasteiger partial charge in [-0.1, -0.05) is 44.2 Å². The number of carbonyl (C=O) groups is 1. The van der Waals surface area contributed by atoms with Crippen LogP contribution in [-0.2, 0) is 17.6 Å². The number of rotatable bonds is 12. The van der Waals surface area contributed by atoms with Crippen LogP contribution in [0.15, 0.2) is 53.9 Å². The van der Waals surface area contributed by atoms with E-state index < -0.39 is 0 Å². The summed E-state index contributed by atoms with van der Waals surface area (Å²) < 4.78 is 10.7. The minimum absolute atomic E-state index is 0.00983. The van der Waals surface area contributed by atoms with Gasteiger partial charge in [-0.05, 0) is 43.3 Å². The summed E-state index contributed by atoms with van der Waals surface area (Å²) in [4.78, 5) is 19.8. The Kier molecular flexibility index (Phi) is 9.27. The average Bonchev–Trinajstić information content (AvgIpc) is 3.31. The lowest BCUT2D eigenvalue weighted by molar-refractivity contribution is -0.120. The van der Waals surface area contributed by atoms with Gasteiger partial charge in [0.25, 0.3) is 0 Å². The van der Waals surface area contributed by atoms with Gasteiger partial charge in [-0.15, -0.1) is 11.3 Å². The molecule has 3 rings (SSSR count). The molecule has 0 spiro atoms. The molecule has 1 amide bonds. The number of methoxy groups -OCH3 is 2. The maximum absolute atomic E-state index is 12.7. The summed E-state index contributed by atoms with van der Waals surface area (Å²) in [5, 5.41) is 5.92. The Morgan fingerprint density at radius 2 is 1.79 bits per heavy atom. The van der Waals surface area contributed by atoms with Gasteiger partial charge in [0.2, 0.25) is 5.91 Å². The van der Waals surface area contributed by atoms with Crippen LogP contribution in [0, 0.1) is 0 Å². The third-order valence-electron chi connectivity index (χ3n) is 5.70. The molecule has 7 heteroatoms. The molecule has 33 heavy (non-hydrogen) atoms. The number of nitrogens with one attached hydrogen (secondary N) is 1. The third-order valence-corrected chi connectivity index (χ3v) is 6.64. The predicted octanol–water partition coefficient (Wildman–Crippen LogP) is 4.44. The Hall–Kier alpha value is -2.90. The lowest BCUT2D eigenvalue weighted by Gasteiger charge is -2.30. The minimum atomic E-state index is -0.00983. The first-order valence-corrected chi connectivity index (χ1v) is 12.2. The van der Waals surface area contributed by atoms with E-state index in [4.69, 9.17) is 9.47 Å². The quantitative estimate of drug-likeness (QED) is 0.427. The van der Waals surface area contributed by atoms with Crippen molar-refractivity contribution in [2.45, 2.75) is 32.7 Å². The molecule has 0 aliphatic rings. The van der Waals surface area contributed by atoms with Crippen LogP contribution < -0.4 is 14.8 Å². The fourth-order valence-electron chi connectivity index (χ4n) is 3.91. The first-order valence-electron chi connectivity index (χ1n) is 11.3. The molecule has 1 N–H and O–H groups in total. The Morgan fingerprint density at radius 3 is 2.45 bits per heavy atom. The molecule has 0 saturated heterocycles. The highest BCUT2D eigenvalue weighted by Crippen LogP contribution is 2.33. The normalized spacial score (nSPS) is 11.9. The van der Waals surface area contributed by atoms with Crippen molar-refractivity contribution in [3.8, 4) is 22.1 Å². The molecule has 0 aliphatic carbocycles. The number of aromatic nitrogens is 1. The summed E-state index contributed by atoms with van der Waals surface area (Å²) in [6.07, 6.45) is 1.17. The Labute approximate surface area is 200 Å². The summed E-state index contributed by atoms with van der Waals surface area (Å²) in [6.45, 7) is 6.83. The molecule has 1 heterocycles. The van der Waals surface area contributed by atoms with Gasteiger partial charge in [-0.25, -0.2) is 4.98 Å². The second kappa shape index (κ2) is 12.4. The van der Waals surface area contributed by atoms with E-state index in [1.807, 2.05) is 29.6 Å². The van der Waals surface area contributed by atoms with E-state index in [9.17, 15) is 4.79 Å². The van der Waals surface area contributed by atoms with Gasteiger partial charge >= 0.3 is 0 Å². The van der Waals surface area contributed by atoms with Crippen LogP contribution in [0.1, 0.15) is 25.1 Å². The van der Waals surface area contributed by atoms with Gasteiger partial charge < -0.3 is 14.8 Å². The molecule has 0 radical (unpaired) electrons. The molecule has 0 saturated carbocycles. The maximum atomic E-state index is 12.7. The van der Waals surface area contributed by atoms with Gasteiger partial charge in [0.05, 0.1) is 26.3 Å². The van der Waals surface area contributed by atoms with E-state index in [2.05, 4.69) is 53.3 Å². The van der Waals surface area contributed by atoms with Crippen molar-refractivity contribution < 1.29 is 14.3 Å². The Balaban J connectivity index is 1.61. The van der Waals surface area contributed by atoms with Gasteiger partial charge in [-0.3, -0.25) is 9.69 Å². The van der Waals surface area contributed by atoms with Crippen molar-refractivity contribution >= 4 is 17.2 Å². The van der Waals surface area contributed by atoms with Gasteiger partial charge in [0.1, 0.15) is 5.01 Å². The molecule has 1 aromatic heterocycles. The standard InChI is InChI=1S/C26H33N3O3S/c1-5-29(6-2)22(14-19-10-8-7-9-11-19)17-27-25(30)16-21-18-33-26(28-21)20-12-13-23(31-3)24(15-20)32-4/h7-13,15,18,22H,5-6,14,16-17H2,1-4H3,(H,27,30). The topological polar surface area (TPSA) is 63.7 Å². The van der Waals surface area contributed by atoms with E-state index in [1.54, 1.807) is 14.2 Å². The number of likely N-dealkylation sites (N-methyl/N-ethyl adjacent to an activating group) is 1. The van der Waals surface area contributed by atoms with E-state index in [-0.39, 0.29) is 18.4 Å². The van der Waals surface area contributed by atoms with Crippen molar-refractivity contribution in [1.82, 2.24) is 15.2 Å². The predicted molar refractivity (Wildman–Crippen MR) is 134 cm³/mol. The SMILES string of the molecule is CCN(CC)C(CNC(=O)Cc1csc(-c2ccc(OC)c(OC)c2)n1)Cc1ccccc1. The summed E-state index contributed by atoms with van der Waals surface area (Å²) >= 11 is 1.52. The Bertz CT molecular complexity index is 1020. The second-order valence-electron chi connectivity index (χ2n) is 7.76. The largest absolute Gasteiger partial charge is 0.493 e. The number of ether oxygens (including phenoxy) is 2. The van der Waals surface area contributed by atoms with Gasteiger partial charge in [0, 0.05) is 23.5 Å². The van der Waals surface area contributed by atoms with Crippen molar-refractivity contribution in [2.75, 3.05) is 33.9 Å². The molecule has 2 aromatic carbocycles. The third kappa shape index (κ3) is 6.79. The molecule has 0 bridgehead atoms. The second-order valence-corrected chi connectivity index (χ2v) is 8.62. The molecule has 1 unspecified atom stereocenters. The molecular weight excluding hydrogens is 434 g/mol. The van der Waals surface area contributed by atoms with E-state index in [1.165, 1.54) is 16.9 Å². The summed E-state index contributed by atoms with van der Waals surface area (Å²) in [7, 11) is 3.23. The zero-order valence-corrected chi connectivity index (χ0v) is 20.7. The summed E-state index contributed by atoms with van der Waals surface area (Å²) in [5.74, 6) is 1.32. The number of thiazole rings is 1. The number of hydrogen-bond acceptors (Lipinski definition) is 6. The van der Waals surface area contributed by atoms with E-state index >= 15 is 0 Å². The van der Waals surface area contributed by atoms with Crippen LogP contribution in [0.4, 0.5) is 0 Å². The van der Waals surface area contributed by atoms with Crippen molar-refractivity contribution in [3.63, 3.8) is 0 Å². The highest BCUT2D eigenvalue weighted by molar-refractivity contribution is 7.13. The molecule has 0 fully saturated rings. The molecule has 6 nitrogen and oxygen atoms in total. The number of amides is 1. The zero-order chi connectivity index (χ0) is 23.6. The minimum Gasteiger partial charge on any atom is -0.493 e. The smallest absolute Gasteiger partial charge is 0.226 e. The molecule has 0 aliphatic heterocycles.